The molecule has 6 nitrogen and oxygen atoms in total. The highest BCUT2D eigenvalue weighted by Crippen LogP contribution is 2.20. The smallest absolute Gasteiger partial charge is 0.262 e. The van der Waals surface area contributed by atoms with Crippen LogP contribution < -0.4 is 10.9 Å². The Morgan fingerprint density at radius 3 is 2.49 bits per heavy atom. The van der Waals surface area contributed by atoms with Gasteiger partial charge in [0.1, 0.15) is 0 Å². The normalized spacial score (nSPS) is 12.1. The molecule has 2 aromatic heterocycles. The maximum atomic E-state index is 13.2. The minimum atomic E-state index is -0.128. The summed E-state index contributed by atoms with van der Waals surface area (Å²) in [6.45, 7) is 6.73. The molecule has 0 aliphatic rings. The number of amides is 1. The van der Waals surface area contributed by atoms with Crippen LogP contribution in [-0.2, 0) is 17.8 Å². The summed E-state index contributed by atoms with van der Waals surface area (Å²) in [5.41, 5.74) is 3.75. The third-order valence-electron chi connectivity index (χ3n) is 5.72. The number of nitrogens with one attached hydrogen (secondary N) is 1. The van der Waals surface area contributed by atoms with Gasteiger partial charge in [-0.15, -0.1) is 0 Å². The average Bonchev–Trinajstić information content (AvgIpc) is 2.85. The van der Waals surface area contributed by atoms with Gasteiger partial charge in [-0.1, -0.05) is 68.1 Å². The predicted molar refractivity (Wildman–Crippen MR) is 142 cm³/mol. The Hall–Kier alpha value is -3.45. The first-order chi connectivity index (χ1) is 16.9. The molecule has 0 saturated carbocycles. The van der Waals surface area contributed by atoms with Gasteiger partial charge in [-0.3, -0.25) is 19.1 Å². The second kappa shape index (κ2) is 11.3. The summed E-state index contributed by atoms with van der Waals surface area (Å²) in [5, 5.41) is 4.13. The Labute approximate surface area is 209 Å². The topological polar surface area (TPSA) is 76.9 Å². The molecule has 2 aromatic carbocycles. The monoisotopic (exact) mass is 486 g/mol. The number of hydrogen-bond donors (Lipinski definition) is 1. The van der Waals surface area contributed by atoms with E-state index >= 15 is 0 Å². The molecule has 0 aliphatic heterocycles. The van der Waals surface area contributed by atoms with Crippen LogP contribution in [0.1, 0.15) is 43.5 Å². The lowest BCUT2D eigenvalue weighted by molar-refractivity contribution is -0.119. The van der Waals surface area contributed by atoms with Crippen molar-refractivity contribution in [2.45, 2.75) is 44.9 Å². The quantitative estimate of drug-likeness (QED) is 0.266. The fraction of sp³-hybridized carbons (Fsp3) is 0.286. The van der Waals surface area contributed by atoms with E-state index in [0.717, 1.165) is 17.5 Å². The fourth-order valence-electron chi connectivity index (χ4n) is 3.98. The highest BCUT2D eigenvalue weighted by molar-refractivity contribution is 7.99. The van der Waals surface area contributed by atoms with E-state index in [-0.39, 0.29) is 23.3 Å². The highest BCUT2D eigenvalue weighted by Gasteiger charge is 2.15. The van der Waals surface area contributed by atoms with Crippen molar-refractivity contribution in [3.8, 4) is 0 Å². The number of aromatic nitrogens is 3. The molecule has 35 heavy (non-hydrogen) atoms. The minimum absolute atomic E-state index is 0.107. The second-order valence-electron chi connectivity index (χ2n) is 9.08. The van der Waals surface area contributed by atoms with Crippen LogP contribution in [0.15, 0.2) is 83.0 Å². The van der Waals surface area contributed by atoms with E-state index in [4.69, 9.17) is 4.98 Å². The molecule has 0 bridgehead atoms. The van der Waals surface area contributed by atoms with Crippen LogP contribution in [-0.4, -0.2) is 26.2 Å². The van der Waals surface area contributed by atoms with E-state index < -0.39 is 0 Å². The highest BCUT2D eigenvalue weighted by atomic mass is 32.2. The van der Waals surface area contributed by atoms with E-state index in [1.54, 1.807) is 23.0 Å². The van der Waals surface area contributed by atoms with Crippen LogP contribution in [0.2, 0.25) is 0 Å². The molecule has 0 spiro atoms. The molecule has 0 fully saturated rings. The molecular formula is C28H30N4O2S. The lowest BCUT2D eigenvalue weighted by Crippen LogP contribution is -2.29. The minimum Gasteiger partial charge on any atom is -0.349 e. The SMILES string of the molecule is CC(C)Cc1ccc(C(C)NC(=O)CSc2nc3ccccc3c(=O)n2Cc2cccnc2)cc1. The zero-order valence-electron chi connectivity index (χ0n) is 20.3. The Balaban J connectivity index is 1.48. The maximum absolute atomic E-state index is 13.2. The maximum Gasteiger partial charge on any atom is 0.262 e. The number of para-hydroxylation sites is 1. The van der Waals surface area contributed by atoms with Crippen molar-refractivity contribution in [1.29, 1.82) is 0 Å². The summed E-state index contributed by atoms with van der Waals surface area (Å²) in [4.78, 5) is 34.9. The molecule has 2 heterocycles. The molecule has 0 aliphatic carbocycles. The summed E-state index contributed by atoms with van der Waals surface area (Å²) in [6.07, 6.45) is 4.47. The number of nitrogens with zero attached hydrogens (tertiary/aromatic N) is 3. The van der Waals surface area contributed by atoms with E-state index in [0.29, 0.717) is 28.5 Å². The average molecular weight is 487 g/mol. The van der Waals surface area contributed by atoms with Crippen molar-refractivity contribution in [2.24, 2.45) is 5.92 Å². The van der Waals surface area contributed by atoms with Crippen LogP contribution in [0.3, 0.4) is 0 Å². The van der Waals surface area contributed by atoms with Crippen molar-refractivity contribution in [3.63, 3.8) is 0 Å². The number of benzene rings is 2. The van der Waals surface area contributed by atoms with Crippen LogP contribution in [0.4, 0.5) is 0 Å². The third-order valence-corrected chi connectivity index (χ3v) is 6.70. The Kier molecular flexibility index (Phi) is 7.98. The molecule has 0 saturated heterocycles. The number of rotatable bonds is 9. The second-order valence-corrected chi connectivity index (χ2v) is 10.0. The van der Waals surface area contributed by atoms with E-state index in [9.17, 15) is 9.59 Å². The molecule has 1 atom stereocenters. The van der Waals surface area contributed by atoms with Crippen molar-refractivity contribution in [3.05, 3.63) is 100 Å². The summed E-state index contributed by atoms with van der Waals surface area (Å²) in [6, 6.07) is 19.3. The lowest BCUT2D eigenvalue weighted by atomic mass is 10.00. The Bertz CT molecular complexity index is 1350. The summed E-state index contributed by atoms with van der Waals surface area (Å²) >= 11 is 1.27. The van der Waals surface area contributed by atoms with Crippen LogP contribution in [0.5, 0.6) is 0 Å². The largest absolute Gasteiger partial charge is 0.349 e. The molecule has 4 aromatic rings. The molecule has 1 amide bonds. The first-order valence-electron chi connectivity index (χ1n) is 11.8. The summed E-state index contributed by atoms with van der Waals surface area (Å²) in [7, 11) is 0. The number of thioether (sulfide) groups is 1. The van der Waals surface area contributed by atoms with E-state index in [1.165, 1.54) is 17.3 Å². The van der Waals surface area contributed by atoms with Gasteiger partial charge in [0, 0.05) is 12.4 Å². The lowest BCUT2D eigenvalue weighted by Gasteiger charge is -2.16. The van der Waals surface area contributed by atoms with Crippen LogP contribution in [0.25, 0.3) is 10.9 Å². The van der Waals surface area contributed by atoms with Crippen molar-refractivity contribution >= 4 is 28.6 Å². The predicted octanol–water partition coefficient (Wildman–Crippen LogP) is 5.01. The molecular weight excluding hydrogens is 456 g/mol. The number of hydrogen-bond acceptors (Lipinski definition) is 5. The molecule has 7 heteroatoms. The molecule has 180 valence electrons. The molecule has 4 rings (SSSR count). The van der Waals surface area contributed by atoms with Gasteiger partial charge < -0.3 is 5.32 Å². The van der Waals surface area contributed by atoms with Gasteiger partial charge in [0.15, 0.2) is 5.16 Å². The van der Waals surface area contributed by atoms with Crippen molar-refractivity contribution in [1.82, 2.24) is 19.9 Å². The zero-order chi connectivity index (χ0) is 24.8. The van der Waals surface area contributed by atoms with Crippen molar-refractivity contribution < 1.29 is 4.79 Å². The van der Waals surface area contributed by atoms with E-state index in [2.05, 4.69) is 48.4 Å². The van der Waals surface area contributed by atoms with Gasteiger partial charge >= 0.3 is 0 Å². The zero-order valence-corrected chi connectivity index (χ0v) is 21.1. The van der Waals surface area contributed by atoms with Gasteiger partial charge in [-0.05, 0) is 54.2 Å². The van der Waals surface area contributed by atoms with Gasteiger partial charge in [-0.25, -0.2) is 4.98 Å². The number of carbonyl (C=O) groups is 1. The number of fused-ring (bicyclic) bond motifs is 1. The van der Waals surface area contributed by atoms with Gasteiger partial charge in [0.25, 0.3) is 5.56 Å². The summed E-state index contributed by atoms with van der Waals surface area (Å²) in [5.74, 6) is 0.659. The first kappa shape index (κ1) is 24.7. The fourth-order valence-corrected chi connectivity index (χ4v) is 4.79. The van der Waals surface area contributed by atoms with Crippen LogP contribution in [0, 0.1) is 5.92 Å². The first-order valence-corrected chi connectivity index (χ1v) is 12.8. The van der Waals surface area contributed by atoms with Crippen LogP contribution >= 0.6 is 11.8 Å². The molecule has 0 radical (unpaired) electrons. The number of carbonyl (C=O) groups excluding carboxylic acids is 1. The molecule has 1 N–H and O–H groups in total. The standard InChI is InChI=1S/C28H30N4O2S/c1-19(2)15-21-10-12-23(13-11-21)20(3)30-26(33)18-35-28-31-25-9-5-4-8-24(25)27(34)32(28)17-22-7-6-14-29-16-22/h4-14,16,19-20H,15,17-18H2,1-3H3,(H,30,33). The molecule has 1 unspecified atom stereocenters. The van der Waals surface area contributed by atoms with Gasteiger partial charge in [0.2, 0.25) is 5.91 Å². The summed E-state index contributed by atoms with van der Waals surface area (Å²) < 4.78 is 1.62. The number of pyridine rings is 1. The Morgan fingerprint density at radius 1 is 1.00 bits per heavy atom. The third kappa shape index (κ3) is 6.36. The van der Waals surface area contributed by atoms with Gasteiger partial charge in [-0.2, -0.15) is 0 Å². The Morgan fingerprint density at radius 2 is 1.77 bits per heavy atom. The van der Waals surface area contributed by atoms with Crippen molar-refractivity contribution in [2.75, 3.05) is 5.75 Å². The van der Waals surface area contributed by atoms with E-state index in [1.807, 2.05) is 37.3 Å². The van der Waals surface area contributed by atoms with Gasteiger partial charge in [0.05, 0.1) is 29.2 Å².